The third-order valence-electron chi connectivity index (χ3n) is 5.05. The molecule has 0 saturated heterocycles. The molecule has 1 atom stereocenters. The predicted octanol–water partition coefficient (Wildman–Crippen LogP) is 3.25. The van der Waals surface area contributed by atoms with Crippen molar-refractivity contribution < 1.29 is 18.9 Å². The molecular weight excluding hydrogens is 442 g/mol. The van der Waals surface area contributed by atoms with Crippen molar-refractivity contribution in [3.8, 4) is 23.0 Å². The fraction of sp³-hybridized carbons (Fsp3) is 0.292. The Morgan fingerprint density at radius 1 is 1.21 bits per heavy atom. The van der Waals surface area contributed by atoms with E-state index in [0.717, 1.165) is 5.56 Å². The lowest BCUT2D eigenvalue weighted by atomic mass is 10.2. The third kappa shape index (κ3) is 4.23. The Bertz CT molecular complexity index is 1410. The first-order chi connectivity index (χ1) is 16.0. The monoisotopic (exact) mass is 465 g/mol. The van der Waals surface area contributed by atoms with Crippen molar-refractivity contribution in [2.24, 2.45) is 5.92 Å². The summed E-state index contributed by atoms with van der Waals surface area (Å²) >= 11 is 1.27. The van der Waals surface area contributed by atoms with E-state index in [1.165, 1.54) is 15.9 Å². The zero-order chi connectivity index (χ0) is 22.9. The first-order valence-corrected chi connectivity index (χ1v) is 11.4. The maximum atomic E-state index is 12.9. The highest BCUT2D eigenvalue weighted by molar-refractivity contribution is 7.15. The number of rotatable bonds is 6. The van der Waals surface area contributed by atoms with Gasteiger partial charge in [0.1, 0.15) is 6.61 Å². The summed E-state index contributed by atoms with van der Waals surface area (Å²) in [5.74, 6) is 3.45. The molecule has 9 heteroatoms. The minimum atomic E-state index is -0.471. The second kappa shape index (κ2) is 8.74. The largest absolute Gasteiger partial charge is 0.493 e. The van der Waals surface area contributed by atoms with Crippen LogP contribution in [0.2, 0.25) is 0 Å². The van der Waals surface area contributed by atoms with Crippen molar-refractivity contribution in [3.63, 3.8) is 0 Å². The van der Waals surface area contributed by atoms with Crippen LogP contribution in [0.1, 0.15) is 31.3 Å². The van der Waals surface area contributed by atoms with Crippen LogP contribution in [0.15, 0.2) is 47.3 Å². The van der Waals surface area contributed by atoms with E-state index in [-0.39, 0.29) is 12.2 Å². The van der Waals surface area contributed by atoms with Crippen molar-refractivity contribution >= 4 is 22.4 Å². The Balaban J connectivity index is 1.42. The highest BCUT2D eigenvalue weighted by Crippen LogP contribution is 2.35. The summed E-state index contributed by atoms with van der Waals surface area (Å²) < 4.78 is 24.8. The molecule has 170 valence electrons. The minimum absolute atomic E-state index is 0.232. The average molecular weight is 466 g/mol. The van der Waals surface area contributed by atoms with E-state index in [9.17, 15) is 4.79 Å². The molecule has 8 nitrogen and oxygen atoms in total. The van der Waals surface area contributed by atoms with Gasteiger partial charge in [-0.15, -0.1) is 5.10 Å². The van der Waals surface area contributed by atoms with Crippen LogP contribution in [0.4, 0.5) is 0 Å². The second-order valence-electron chi connectivity index (χ2n) is 8.06. The number of ether oxygens (including phenoxy) is 4. The Morgan fingerprint density at radius 3 is 2.79 bits per heavy atom. The van der Waals surface area contributed by atoms with Gasteiger partial charge in [0.2, 0.25) is 4.96 Å². The number of hydrogen-bond donors (Lipinski definition) is 0. The quantitative estimate of drug-likeness (QED) is 0.432. The maximum absolute atomic E-state index is 12.9. The van der Waals surface area contributed by atoms with Crippen LogP contribution in [0.3, 0.4) is 0 Å². The van der Waals surface area contributed by atoms with Gasteiger partial charge in [0.15, 0.2) is 34.9 Å². The van der Waals surface area contributed by atoms with Crippen LogP contribution >= 0.6 is 11.3 Å². The van der Waals surface area contributed by atoms with E-state index in [1.807, 2.05) is 42.5 Å². The third-order valence-corrected chi connectivity index (χ3v) is 6.01. The molecule has 0 fully saturated rings. The minimum Gasteiger partial charge on any atom is -0.493 e. The van der Waals surface area contributed by atoms with Gasteiger partial charge in [0, 0.05) is 0 Å². The Kier molecular flexibility index (Phi) is 5.63. The molecule has 3 heterocycles. The van der Waals surface area contributed by atoms with Crippen LogP contribution in [0.5, 0.6) is 23.0 Å². The number of aromatic nitrogens is 3. The molecule has 2 aromatic heterocycles. The lowest BCUT2D eigenvalue weighted by molar-refractivity contribution is 0.0852. The molecule has 0 radical (unpaired) electrons. The molecule has 0 unspecified atom stereocenters. The summed E-state index contributed by atoms with van der Waals surface area (Å²) in [7, 11) is 1.60. The van der Waals surface area contributed by atoms with Crippen molar-refractivity contribution in [3.05, 3.63) is 68.7 Å². The molecule has 0 aliphatic carbocycles. The molecule has 0 spiro atoms. The summed E-state index contributed by atoms with van der Waals surface area (Å²) in [5, 5.41) is 4.39. The number of para-hydroxylation sites is 2. The van der Waals surface area contributed by atoms with E-state index in [0.29, 0.717) is 50.8 Å². The second-order valence-corrected chi connectivity index (χ2v) is 9.07. The Morgan fingerprint density at radius 2 is 2.03 bits per heavy atom. The number of fused-ring (bicyclic) bond motifs is 2. The molecule has 1 aliphatic rings. The molecular formula is C24H23N3O5S. The van der Waals surface area contributed by atoms with Gasteiger partial charge in [0.05, 0.1) is 18.2 Å². The molecule has 0 amide bonds. The summed E-state index contributed by atoms with van der Waals surface area (Å²) in [5.41, 5.74) is 0.594. The summed E-state index contributed by atoms with van der Waals surface area (Å²) in [6, 6.07) is 13.0. The van der Waals surface area contributed by atoms with Crippen LogP contribution in [0, 0.1) is 5.92 Å². The Hall–Kier alpha value is -3.59. The van der Waals surface area contributed by atoms with Crippen LogP contribution in [-0.2, 0) is 0 Å². The predicted molar refractivity (Wildman–Crippen MR) is 125 cm³/mol. The normalized spacial score (nSPS) is 15.9. The standard InChI is InChI=1S/C24H23N3O5S/c1-14(2)12-30-17-9-8-15(10-19(17)29-3)11-21-23(28)27-24(33-21)25-22(26-27)20-13-31-16-6-4-5-7-18(16)32-20/h4-11,14,20H,12-13H2,1-3H3/b21-11-/t20-/m1/s1. The highest BCUT2D eigenvalue weighted by Gasteiger charge is 2.27. The van der Waals surface area contributed by atoms with Crippen molar-refractivity contribution in [1.82, 2.24) is 14.6 Å². The summed E-state index contributed by atoms with van der Waals surface area (Å²) in [4.78, 5) is 18.0. The van der Waals surface area contributed by atoms with Gasteiger partial charge in [-0.3, -0.25) is 4.79 Å². The van der Waals surface area contributed by atoms with Gasteiger partial charge in [-0.2, -0.15) is 9.50 Å². The zero-order valence-corrected chi connectivity index (χ0v) is 19.3. The topological polar surface area (TPSA) is 84.2 Å². The van der Waals surface area contributed by atoms with Gasteiger partial charge < -0.3 is 18.9 Å². The van der Waals surface area contributed by atoms with E-state index in [2.05, 4.69) is 23.9 Å². The molecule has 2 aromatic carbocycles. The smallest absolute Gasteiger partial charge is 0.291 e. The fourth-order valence-corrected chi connectivity index (χ4v) is 4.35. The molecule has 4 aromatic rings. The number of methoxy groups -OCH3 is 1. The fourth-order valence-electron chi connectivity index (χ4n) is 3.43. The van der Waals surface area contributed by atoms with Crippen molar-refractivity contribution in [1.29, 1.82) is 0 Å². The molecule has 0 N–H and O–H groups in total. The summed E-state index contributed by atoms with van der Waals surface area (Å²) in [6.45, 7) is 5.06. The Labute approximate surface area is 194 Å². The van der Waals surface area contributed by atoms with Crippen LogP contribution < -0.4 is 29.0 Å². The average Bonchev–Trinajstić information content (AvgIpc) is 3.37. The molecule has 1 aliphatic heterocycles. The molecule has 5 rings (SSSR count). The van der Waals surface area contributed by atoms with Gasteiger partial charge >= 0.3 is 0 Å². The summed E-state index contributed by atoms with van der Waals surface area (Å²) in [6.07, 6.45) is 1.33. The number of hydrogen-bond acceptors (Lipinski definition) is 8. The van der Waals surface area contributed by atoms with Gasteiger partial charge in [-0.1, -0.05) is 43.4 Å². The number of thiazole rings is 1. The van der Waals surface area contributed by atoms with E-state index >= 15 is 0 Å². The van der Waals surface area contributed by atoms with Crippen molar-refractivity contribution in [2.45, 2.75) is 20.0 Å². The molecule has 0 saturated carbocycles. The lowest BCUT2D eigenvalue weighted by Crippen LogP contribution is -2.26. The zero-order valence-electron chi connectivity index (χ0n) is 18.5. The van der Waals surface area contributed by atoms with Gasteiger partial charge in [0.25, 0.3) is 5.56 Å². The maximum Gasteiger partial charge on any atom is 0.291 e. The number of benzene rings is 2. The first kappa shape index (κ1) is 21.3. The highest BCUT2D eigenvalue weighted by atomic mass is 32.1. The molecule has 33 heavy (non-hydrogen) atoms. The van der Waals surface area contributed by atoms with E-state index in [4.69, 9.17) is 18.9 Å². The first-order valence-electron chi connectivity index (χ1n) is 10.6. The van der Waals surface area contributed by atoms with Crippen molar-refractivity contribution in [2.75, 3.05) is 20.3 Å². The van der Waals surface area contributed by atoms with E-state index in [1.54, 1.807) is 13.2 Å². The lowest BCUT2D eigenvalue weighted by Gasteiger charge is -2.24. The van der Waals surface area contributed by atoms with Gasteiger partial charge in [-0.25, -0.2) is 0 Å². The van der Waals surface area contributed by atoms with Crippen LogP contribution in [-0.4, -0.2) is 34.9 Å². The van der Waals surface area contributed by atoms with Crippen LogP contribution in [0.25, 0.3) is 11.0 Å². The SMILES string of the molecule is COc1cc(/C=c2\sc3nc([C@H]4COc5ccccc5O4)nn3c2=O)ccc1OCC(C)C. The number of nitrogens with zero attached hydrogens (tertiary/aromatic N) is 3. The molecule has 0 bridgehead atoms. The van der Waals surface area contributed by atoms with E-state index < -0.39 is 6.10 Å². The van der Waals surface area contributed by atoms with Gasteiger partial charge in [-0.05, 0) is 41.8 Å².